The third kappa shape index (κ3) is 3.35. The Hall–Kier alpha value is -1.77. The topological polar surface area (TPSA) is 91.2 Å². The standard InChI is InChI=1S/C16H22N4O3S/c1-10-6-20(15(22)18-14(10)21)13-4-5-19(9-16(13,3)23)7-12-8-24-11(2)17-12/h6,8,13,23H,4-5,7,9H2,1-3H3,(H,18,21,22)/t13-,16-/m0/s1. The lowest BCUT2D eigenvalue weighted by atomic mass is 9.88. The summed E-state index contributed by atoms with van der Waals surface area (Å²) in [6.07, 6.45) is 2.17. The number of nitrogens with one attached hydrogen (secondary N) is 1. The molecule has 3 rings (SSSR count). The van der Waals surface area contributed by atoms with Crippen LogP contribution >= 0.6 is 11.3 Å². The number of thiazole rings is 1. The molecule has 0 aliphatic carbocycles. The number of aliphatic hydroxyl groups is 1. The van der Waals surface area contributed by atoms with Crippen molar-refractivity contribution in [2.75, 3.05) is 13.1 Å². The van der Waals surface area contributed by atoms with Gasteiger partial charge < -0.3 is 5.11 Å². The minimum atomic E-state index is -1.07. The van der Waals surface area contributed by atoms with Crippen LogP contribution in [0.2, 0.25) is 0 Å². The molecule has 3 heterocycles. The summed E-state index contributed by atoms with van der Waals surface area (Å²) < 4.78 is 1.46. The summed E-state index contributed by atoms with van der Waals surface area (Å²) in [5.74, 6) is 0. The SMILES string of the molecule is Cc1nc(CN2CC[C@H](n3cc(C)c(=O)[nH]c3=O)[C@@](C)(O)C2)cs1. The van der Waals surface area contributed by atoms with E-state index in [1.165, 1.54) is 4.57 Å². The molecule has 2 atom stereocenters. The highest BCUT2D eigenvalue weighted by Crippen LogP contribution is 2.31. The number of likely N-dealkylation sites (tertiary alicyclic amines) is 1. The number of aromatic amines is 1. The van der Waals surface area contributed by atoms with Crippen LogP contribution in [-0.2, 0) is 6.54 Å². The Morgan fingerprint density at radius 1 is 1.46 bits per heavy atom. The molecule has 0 unspecified atom stereocenters. The molecule has 1 saturated heterocycles. The van der Waals surface area contributed by atoms with Crippen LogP contribution in [-0.4, -0.2) is 43.2 Å². The molecule has 8 heteroatoms. The van der Waals surface area contributed by atoms with Gasteiger partial charge in [-0.2, -0.15) is 0 Å². The number of nitrogens with zero attached hydrogens (tertiary/aromatic N) is 3. The molecule has 1 fully saturated rings. The predicted octanol–water partition coefficient (Wildman–Crippen LogP) is 0.808. The van der Waals surface area contributed by atoms with E-state index >= 15 is 0 Å². The second-order valence-electron chi connectivity index (χ2n) is 6.71. The lowest BCUT2D eigenvalue weighted by molar-refractivity contribution is -0.0606. The Labute approximate surface area is 143 Å². The number of piperidine rings is 1. The molecule has 0 radical (unpaired) electrons. The number of β-amino-alcohol motifs (C(OH)–C–C–N with tert-alkyl or cyclic N) is 1. The summed E-state index contributed by atoms with van der Waals surface area (Å²) in [5.41, 5.74) is -0.459. The van der Waals surface area contributed by atoms with Gasteiger partial charge >= 0.3 is 5.69 Å². The molecule has 1 aliphatic rings. The Morgan fingerprint density at radius 3 is 2.83 bits per heavy atom. The maximum absolute atomic E-state index is 12.1. The first-order chi connectivity index (χ1) is 11.3. The van der Waals surface area contributed by atoms with E-state index in [9.17, 15) is 14.7 Å². The molecule has 24 heavy (non-hydrogen) atoms. The van der Waals surface area contributed by atoms with E-state index in [2.05, 4.69) is 14.9 Å². The second kappa shape index (κ2) is 6.27. The van der Waals surface area contributed by atoms with Crippen molar-refractivity contribution in [1.29, 1.82) is 0 Å². The molecule has 0 spiro atoms. The van der Waals surface area contributed by atoms with Gasteiger partial charge in [0.15, 0.2) is 0 Å². The average molecular weight is 350 g/mol. The van der Waals surface area contributed by atoms with Crippen LogP contribution in [0.4, 0.5) is 0 Å². The van der Waals surface area contributed by atoms with Gasteiger partial charge in [-0.25, -0.2) is 9.78 Å². The van der Waals surface area contributed by atoms with Gasteiger partial charge in [-0.1, -0.05) is 0 Å². The van der Waals surface area contributed by atoms with Crippen molar-refractivity contribution in [1.82, 2.24) is 19.4 Å². The summed E-state index contributed by atoms with van der Waals surface area (Å²) in [6, 6.07) is -0.367. The third-order valence-electron chi connectivity index (χ3n) is 4.51. The first-order valence-corrected chi connectivity index (χ1v) is 8.82. The van der Waals surface area contributed by atoms with Crippen molar-refractivity contribution >= 4 is 11.3 Å². The number of H-pyrrole nitrogens is 1. The molecule has 2 aromatic rings. The van der Waals surface area contributed by atoms with Gasteiger partial charge in [0.1, 0.15) is 0 Å². The van der Waals surface area contributed by atoms with Gasteiger partial charge in [0.25, 0.3) is 5.56 Å². The van der Waals surface area contributed by atoms with Gasteiger partial charge in [0.05, 0.1) is 22.3 Å². The van der Waals surface area contributed by atoms with E-state index in [4.69, 9.17) is 0 Å². The fourth-order valence-corrected chi connectivity index (χ4v) is 3.96. The van der Waals surface area contributed by atoms with E-state index in [1.54, 1.807) is 31.4 Å². The molecule has 0 bridgehead atoms. The highest BCUT2D eigenvalue weighted by molar-refractivity contribution is 7.09. The Bertz CT molecular complexity index is 851. The zero-order chi connectivity index (χ0) is 17.5. The van der Waals surface area contributed by atoms with E-state index in [1.807, 2.05) is 12.3 Å². The van der Waals surface area contributed by atoms with Crippen LogP contribution in [0.1, 0.15) is 35.7 Å². The number of aromatic nitrogens is 3. The molecule has 0 saturated carbocycles. The van der Waals surface area contributed by atoms with E-state index in [0.717, 1.165) is 17.2 Å². The number of aryl methyl sites for hydroxylation is 2. The first-order valence-electron chi connectivity index (χ1n) is 7.94. The normalized spacial score (nSPS) is 25.1. The summed E-state index contributed by atoms with van der Waals surface area (Å²) in [5, 5.41) is 14.0. The van der Waals surface area contributed by atoms with Crippen LogP contribution in [0.3, 0.4) is 0 Å². The van der Waals surface area contributed by atoms with Gasteiger partial charge in [-0.15, -0.1) is 11.3 Å². The number of rotatable bonds is 3. The van der Waals surface area contributed by atoms with Gasteiger partial charge in [-0.05, 0) is 27.2 Å². The van der Waals surface area contributed by atoms with Crippen molar-refractivity contribution in [3.05, 3.63) is 48.7 Å². The van der Waals surface area contributed by atoms with Crippen molar-refractivity contribution < 1.29 is 5.11 Å². The Balaban J connectivity index is 1.80. The summed E-state index contributed by atoms with van der Waals surface area (Å²) in [6.45, 7) is 7.25. The molecular formula is C16H22N4O3S. The lowest BCUT2D eigenvalue weighted by Crippen LogP contribution is -2.54. The van der Waals surface area contributed by atoms with Crippen LogP contribution in [0.15, 0.2) is 21.2 Å². The highest BCUT2D eigenvalue weighted by atomic mass is 32.1. The molecule has 2 aromatic heterocycles. The summed E-state index contributed by atoms with van der Waals surface area (Å²) in [4.78, 5) is 32.6. The first kappa shape index (κ1) is 17.1. The fourth-order valence-electron chi connectivity index (χ4n) is 3.35. The molecule has 1 aliphatic heterocycles. The second-order valence-corrected chi connectivity index (χ2v) is 7.77. The highest BCUT2D eigenvalue weighted by Gasteiger charge is 2.39. The Morgan fingerprint density at radius 2 is 2.21 bits per heavy atom. The molecule has 0 amide bonds. The molecule has 130 valence electrons. The summed E-state index contributed by atoms with van der Waals surface area (Å²) in [7, 11) is 0. The van der Waals surface area contributed by atoms with Crippen molar-refractivity contribution in [3.63, 3.8) is 0 Å². The van der Waals surface area contributed by atoms with E-state index < -0.39 is 11.3 Å². The maximum Gasteiger partial charge on any atom is 0.328 e. The van der Waals surface area contributed by atoms with Crippen LogP contribution in [0.25, 0.3) is 0 Å². The van der Waals surface area contributed by atoms with Crippen LogP contribution < -0.4 is 11.2 Å². The van der Waals surface area contributed by atoms with Gasteiger partial charge in [0, 0.05) is 36.8 Å². The monoisotopic (exact) mass is 350 g/mol. The quantitative estimate of drug-likeness (QED) is 0.855. The van der Waals surface area contributed by atoms with Crippen molar-refractivity contribution in [2.24, 2.45) is 0 Å². The molecule has 7 nitrogen and oxygen atoms in total. The van der Waals surface area contributed by atoms with E-state index in [0.29, 0.717) is 25.1 Å². The number of hydrogen-bond donors (Lipinski definition) is 2. The van der Waals surface area contributed by atoms with Crippen LogP contribution in [0.5, 0.6) is 0 Å². The average Bonchev–Trinajstić information content (AvgIpc) is 2.88. The lowest BCUT2D eigenvalue weighted by Gasteiger charge is -2.43. The predicted molar refractivity (Wildman–Crippen MR) is 92.5 cm³/mol. The van der Waals surface area contributed by atoms with Crippen molar-refractivity contribution in [2.45, 2.75) is 45.4 Å². The van der Waals surface area contributed by atoms with Gasteiger partial charge in [0.2, 0.25) is 0 Å². The van der Waals surface area contributed by atoms with E-state index in [-0.39, 0.29) is 11.6 Å². The van der Waals surface area contributed by atoms with Gasteiger partial charge in [-0.3, -0.25) is 19.2 Å². The minimum Gasteiger partial charge on any atom is -0.387 e. The largest absolute Gasteiger partial charge is 0.387 e. The zero-order valence-corrected chi connectivity index (χ0v) is 14.9. The fraction of sp³-hybridized carbons (Fsp3) is 0.562. The Kier molecular flexibility index (Phi) is 4.46. The minimum absolute atomic E-state index is 0.367. The van der Waals surface area contributed by atoms with Crippen molar-refractivity contribution in [3.8, 4) is 0 Å². The molecular weight excluding hydrogens is 328 g/mol. The molecule has 2 N–H and O–H groups in total. The number of hydrogen-bond acceptors (Lipinski definition) is 6. The third-order valence-corrected chi connectivity index (χ3v) is 5.34. The summed E-state index contributed by atoms with van der Waals surface area (Å²) >= 11 is 1.62. The zero-order valence-electron chi connectivity index (χ0n) is 14.1. The smallest absolute Gasteiger partial charge is 0.328 e. The molecule has 0 aromatic carbocycles. The maximum atomic E-state index is 12.1. The van der Waals surface area contributed by atoms with Crippen LogP contribution in [0, 0.1) is 13.8 Å².